The van der Waals surface area contributed by atoms with Crippen LogP contribution in [0.25, 0.3) is 0 Å². The van der Waals surface area contributed by atoms with Gasteiger partial charge in [-0.25, -0.2) is 4.79 Å². The maximum absolute atomic E-state index is 11.3. The van der Waals surface area contributed by atoms with E-state index in [1.54, 1.807) is 0 Å². The van der Waals surface area contributed by atoms with E-state index in [0.717, 1.165) is 19.1 Å². The molecule has 0 aliphatic carbocycles. The van der Waals surface area contributed by atoms with Crippen LogP contribution < -0.4 is 5.32 Å². The lowest BCUT2D eigenvalue weighted by Crippen LogP contribution is -2.76. The third-order valence-electron chi connectivity index (χ3n) is 2.83. The van der Waals surface area contributed by atoms with Crippen LogP contribution >= 0.6 is 0 Å². The summed E-state index contributed by atoms with van der Waals surface area (Å²) in [6, 6.07) is 0. The fourth-order valence-corrected chi connectivity index (χ4v) is 1.67. The lowest BCUT2D eigenvalue weighted by molar-refractivity contribution is -0.539. The molecule has 0 fully saturated rings. The van der Waals surface area contributed by atoms with Crippen molar-refractivity contribution in [2.75, 3.05) is 6.61 Å². The normalized spacial score (nSPS) is 11.6. The molecule has 0 unspecified atom stereocenters. The molecule has 0 amide bonds. The number of hydrogen-bond acceptors (Lipinski definition) is 3. The standard InChI is InChI=1S/C14H27NO3/c1-3-4-5-6-7-8-9-10-11-18-14(17)13(12-16)15-2/h12,16H,2-11,15H2,1H3/b13-12+. The second kappa shape index (κ2) is 12.4. The number of nitrogens with two attached hydrogens (primary N) is 1. The first-order valence-corrected chi connectivity index (χ1v) is 6.90. The molecule has 0 bridgehead atoms. The maximum atomic E-state index is 11.3. The second-order valence-electron chi connectivity index (χ2n) is 4.40. The predicted molar refractivity (Wildman–Crippen MR) is 71.6 cm³/mol. The van der Waals surface area contributed by atoms with E-state index in [4.69, 9.17) is 9.84 Å². The maximum Gasteiger partial charge on any atom is 0.393 e. The Bertz CT molecular complexity index is 239. The number of quaternary nitrogens is 1. The van der Waals surface area contributed by atoms with Gasteiger partial charge in [0.15, 0.2) is 0 Å². The summed E-state index contributed by atoms with van der Waals surface area (Å²) in [4.78, 5) is 11.3. The molecule has 0 spiro atoms. The molecule has 4 nitrogen and oxygen atoms in total. The molecule has 0 aromatic heterocycles. The first-order valence-electron chi connectivity index (χ1n) is 6.90. The minimum absolute atomic E-state index is 0.106. The van der Waals surface area contributed by atoms with Gasteiger partial charge in [-0.2, -0.15) is 0 Å². The predicted octanol–water partition coefficient (Wildman–Crippen LogP) is 2.42. The molecule has 0 saturated carbocycles. The topological polar surface area (TPSA) is 63.1 Å². The van der Waals surface area contributed by atoms with Crippen LogP contribution in [0.15, 0.2) is 12.0 Å². The van der Waals surface area contributed by atoms with Crippen molar-refractivity contribution in [3.05, 3.63) is 19.0 Å². The van der Waals surface area contributed by atoms with E-state index in [9.17, 15) is 4.79 Å². The molecule has 18 heavy (non-hydrogen) atoms. The largest absolute Gasteiger partial charge is 0.509 e. The molecule has 0 heterocycles. The van der Waals surface area contributed by atoms with Crippen LogP contribution in [0.1, 0.15) is 58.3 Å². The number of unbranched alkanes of at least 4 members (excludes halogenated alkanes) is 7. The molecular formula is C14H27NO3. The van der Waals surface area contributed by atoms with Gasteiger partial charge in [0, 0.05) is 0 Å². The molecule has 0 atom stereocenters. The molecule has 4 heteroatoms. The van der Waals surface area contributed by atoms with E-state index in [2.05, 4.69) is 14.0 Å². The molecule has 106 valence electrons. The van der Waals surface area contributed by atoms with Gasteiger partial charge >= 0.3 is 5.97 Å². The highest BCUT2D eigenvalue weighted by Crippen LogP contribution is 2.08. The van der Waals surface area contributed by atoms with Gasteiger partial charge < -0.3 is 15.2 Å². The van der Waals surface area contributed by atoms with Crippen molar-refractivity contribution in [3.8, 4) is 0 Å². The molecular weight excluding hydrogens is 230 g/mol. The SMILES string of the molecule is [CH2-][NH2+]/C(=C/O)C(=O)OCCCCCCCCCC. The number of carbonyl (C=O) groups excluding carboxylic acids is 1. The molecule has 0 saturated heterocycles. The minimum Gasteiger partial charge on any atom is -0.509 e. The Morgan fingerprint density at radius 2 is 1.72 bits per heavy atom. The Balaban J connectivity index is 3.33. The van der Waals surface area contributed by atoms with E-state index >= 15 is 0 Å². The summed E-state index contributed by atoms with van der Waals surface area (Å²) in [6.07, 6.45) is 10.4. The highest BCUT2D eigenvalue weighted by Gasteiger charge is 2.10. The number of esters is 1. The average molecular weight is 257 g/mol. The van der Waals surface area contributed by atoms with Crippen LogP contribution in [-0.4, -0.2) is 17.7 Å². The molecule has 0 aromatic carbocycles. The zero-order valence-electron chi connectivity index (χ0n) is 11.5. The highest BCUT2D eigenvalue weighted by atomic mass is 16.5. The van der Waals surface area contributed by atoms with Crippen molar-refractivity contribution in [3.63, 3.8) is 0 Å². The first kappa shape index (κ1) is 17.0. The van der Waals surface area contributed by atoms with Crippen molar-refractivity contribution in [1.82, 2.24) is 0 Å². The van der Waals surface area contributed by atoms with Gasteiger partial charge in [-0.1, -0.05) is 51.9 Å². The van der Waals surface area contributed by atoms with Crippen LogP contribution in [0.3, 0.4) is 0 Å². The monoisotopic (exact) mass is 257 g/mol. The van der Waals surface area contributed by atoms with Crippen molar-refractivity contribution in [2.45, 2.75) is 58.3 Å². The van der Waals surface area contributed by atoms with E-state index < -0.39 is 5.97 Å². The van der Waals surface area contributed by atoms with Crippen LogP contribution in [0.4, 0.5) is 0 Å². The van der Waals surface area contributed by atoms with Crippen molar-refractivity contribution < 1.29 is 20.0 Å². The quantitative estimate of drug-likeness (QED) is 0.196. The Morgan fingerprint density at radius 1 is 1.17 bits per heavy atom. The lowest BCUT2D eigenvalue weighted by atomic mass is 10.1. The van der Waals surface area contributed by atoms with Gasteiger partial charge in [0.05, 0.1) is 6.61 Å². The summed E-state index contributed by atoms with van der Waals surface area (Å²) in [5.41, 5.74) is 0.106. The zero-order valence-corrected chi connectivity index (χ0v) is 11.5. The Hall–Kier alpha value is -1.03. The van der Waals surface area contributed by atoms with Gasteiger partial charge in [0.2, 0.25) is 5.70 Å². The van der Waals surface area contributed by atoms with Crippen molar-refractivity contribution >= 4 is 5.97 Å². The molecule has 0 aromatic rings. The molecule has 0 aliphatic heterocycles. The van der Waals surface area contributed by atoms with Gasteiger partial charge in [-0.3, -0.25) is 0 Å². The second-order valence-corrected chi connectivity index (χ2v) is 4.40. The first-order chi connectivity index (χ1) is 8.76. The minimum atomic E-state index is -0.504. The van der Waals surface area contributed by atoms with Gasteiger partial charge in [0.1, 0.15) is 6.26 Å². The van der Waals surface area contributed by atoms with Crippen molar-refractivity contribution in [2.24, 2.45) is 0 Å². The van der Waals surface area contributed by atoms with Gasteiger partial charge in [0.25, 0.3) is 0 Å². The van der Waals surface area contributed by atoms with Crippen LogP contribution in [-0.2, 0) is 9.53 Å². The molecule has 0 aliphatic rings. The fourth-order valence-electron chi connectivity index (χ4n) is 1.67. The summed E-state index contributed by atoms with van der Waals surface area (Å²) < 4.78 is 4.99. The fraction of sp³-hybridized carbons (Fsp3) is 0.714. The Kier molecular flexibility index (Phi) is 11.7. The van der Waals surface area contributed by atoms with E-state index in [-0.39, 0.29) is 5.70 Å². The number of carbonyl (C=O) groups is 1. The van der Waals surface area contributed by atoms with E-state index in [1.165, 1.54) is 43.8 Å². The van der Waals surface area contributed by atoms with Crippen LogP contribution in [0, 0.1) is 7.05 Å². The van der Waals surface area contributed by atoms with Crippen LogP contribution in [0.2, 0.25) is 0 Å². The molecule has 0 radical (unpaired) electrons. The highest BCUT2D eigenvalue weighted by molar-refractivity contribution is 5.84. The lowest BCUT2D eigenvalue weighted by Gasteiger charge is -2.06. The summed E-state index contributed by atoms with van der Waals surface area (Å²) >= 11 is 0. The smallest absolute Gasteiger partial charge is 0.393 e. The summed E-state index contributed by atoms with van der Waals surface area (Å²) in [5.74, 6) is -0.504. The molecule has 3 N–H and O–H groups in total. The number of hydrogen-bond donors (Lipinski definition) is 2. The third-order valence-corrected chi connectivity index (χ3v) is 2.83. The average Bonchev–Trinajstić information content (AvgIpc) is 2.38. The zero-order chi connectivity index (χ0) is 13.6. The summed E-state index contributed by atoms with van der Waals surface area (Å²) in [5, 5.41) is 9.99. The third kappa shape index (κ3) is 9.05. The van der Waals surface area contributed by atoms with Crippen LogP contribution in [0.5, 0.6) is 0 Å². The van der Waals surface area contributed by atoms with Gasteiger partial charge in [-0.15, -0.1) is 7.05 Å². The Labute approximate surface area is 110 Å². The number of aliphatic hydroxyl groups excluding tert-OH is 1. The van der Waals surface area contributed by atoms with Gasteiger partial charge in [-0.05, 0) is 6.42 Å². The number of aliphatic hydroxyl groups is 1. The van der Waals surface area contributed by atoms with E-state index in [1.807, 2.05) is 0 Å². The number of ether oxygens (including phenoxy) is 1. The molecule has 0 rings (SSSR count). The Morgan fingerprint density at radius 3 is 2.22 bits per heavy atom. The summed E-state index contributed by atoms with van der Waals surface area (Å²) in [7, 11) is 3.42. The summed E-state index contributed by atoms with van der Waals surface area (Å²) in [6.45, 7) is 2.63. The van der Waals surface area contributed by atoms with E-state index in [0.29, 0.717) is 6.61 Å². The number of rotatable bonds is 11. The van der Waals surface area contributed by atoms with Crippen molar-refractivity contribution in [1.29, 1.82) is 0 Å².